The molecule has 0 spiro atoms. The summed E-state index contributed by atoms with van der Waals surface area (Å²) in [6.45, 7) is 1.95. The Morgan fingerprint density at radius 2 is 1.69 bits per heavy atom. The number of carbonyl (C=O) groups excluding carboxylic acids is 3. The number of nitrogens with zero attached hydrogens (tertiary/aromatic N) is 2. The van der Waals surface area contributed by atoms with Crippen molar-refractivity contribution in [2.75, 3.05) is 12.0 Å². The molecule has 1 saturated heterocycles. The molecule has 0 aliphatic carbocycles. The highest BCUT2D eigenvalue weighted by atomic mass is 16.5. The summed E-state index contributed by atoms with van der Waals surface area (Å²) in [4.78, 5) is 42.0. The molecular weight excluding hydrogens is 334 g/mol. The number of methoxy groups -OCH3 is 1. The van der Waals surface area contributed by atoms with E-state index in [1.807, 2.05) is 19.1 Å². The van der Waals surface area contributed by atoms with Crippen LogP contribution in [0.3, 0.4) is 0 Å². The van der Waals surface area contributed by atoms with Crippen molar-refractivity contribution < 1.29 is 19.1 Å². The Balaban J connectivity index is 1.86. The van der Waals surface area contributed by atoms with Gasteiger partial charge in [0.2, 0.25) is 5.91 Å². The first-order chi connectivity index (χ1) is 12.5. The maximum atomic E-state index is 12.7. The van der Waals surface area contributed by atoms with Gasteiger partial charge in [0.05, 0.1) is 18.5 Å². The number of barbiturate groups is 1. The second-order valence-electron chi connectivity index (χ2n) is 5.76. The summed E-state index contributed by atoms with van der Waals surface area (Å²) in [5, 5.41) is 2.19. The van der Waals surface area contributed by atoms with Gasteiger partial charge < -0.3 is 4.74 Å². The molecule has 1 heterocycles. The molecule has 0 unspecified atom stereocenters. The van der Waals surface area contributed by atoms with Crippen LogP contribution in [0.15, 0.2) is 53.5 Å². The number of amides is 4. The number of aryl methyl sites for hydroxylation is 1. The number of rotatable bonds is 4. The third-order valence-corrected chi connectivity index (χ3v) is 3.94. The van der Waals surface area contributed by atoms with Gasteiger partial charge in [0.25, 0.3) is 5.91 Å². The monoisotopic (exact) mass is 351 g/mol. The van der Waals surface area contributed by atoms with Crippen molar-refractivity contribution in [3.05, 3.63) is 54.1 Å². The maximum Gasteiger partial charge on any atom is 0.335 e. The Hall–Kier alpha value is -3.48. The van der Waals surface area contributed by atoms with Crippen LogP contribution in [0.4, 0.5) is 16.2 Å². The molecule has 2 aromatic rings. The summed E-state index contributed by atoms with van der Waals surface area (Å²) in [5.74, 6) is -1.94. The first-order valence-electron chi connectivity index (χ1n) is 7.93. The summed E-state index contributed by atoms with van der Waals surface area (Å²) >= 11 is 0. The lowest BCUT2D eigenvalue weighted by Gasteiger charge is -2.28. The number of imide groups is 2. The molecule has 0 aromatic heterocycles. The SMILES string of the molecule is COc1ccc(N2C(=O)NC(=O)[C@@H](C=Nc3ccc(C)cc3)C2=O)cc1. The van der Waals surface area contributed by atoms with E-state index in [0.29, 0.717) is 17.1 Å². The Labute approximate surface area is 150 Å². The standard InChI is InChI=1S/C19H17N3O4/c1-12-3-5-13(6-4-12)20-11-16-17(23)21-19(25)22(18(16)24)14-7-9-15(26-2)10-8-14/h3-11,16H,1-2H3,(H,21,23,25)/t16-/m1/s1. The molecule has 132 valence electrons. The minimum Gasteiger partial charge on any atom is -0.497 e. The Bertz CT molecular complexity index is 873. The molecule has 3 rings (SSSR count). The van der Waals surface area contributed by atoms with Gasteiger partial charge in [0.15, 0.2) is 5.92 Å². The van der Waals surface area contributed by atoms with Crippen LogP contribution in [-0.2, 0) is 9.59 Å². The smallest absolute Gasteiger partial charge is 0.335 e. The van der Waals surface area contributed by atoms with Crippen LogP contribution in [0.5, 0.6) is 5.75 Å². The van der Waals surface area contributed by atoms with E-state index in [-0.39, 0.29) is 0 Å². The molecule has 0 bridgehead atoms. The number of nitrogens with one attached hydrogen (secondary N) is 1. The van der Waals surface area contributed by atoms with Crippen LogP contribution >= 0.6 is 0 Å². The molecule has 0 radical (unpaired) electrons. The molecular formula is C19H17N3O4. The van der Waals surface area contributed by atoms with E-state index in [9.17, 15) is 14.4 Å². The van der Waals surface area contributed by atoms with E-state index in [2.05, 4.69) is 10.3 Å². The van der Waals surface area contributed by atoms with Gasteiger partial charge in [-0.1, -0.05) is 17.7 Å². The molecule has 1 atom stereocenters. The molecule has 4 amide bonds. The Morgan fingerprint density at radius 3 is 2.31 bits per heavy atom. The lowest BCUT2D eigenvalue weighted by molar-refractivity contribution is -0.131. The van der Waals surface area contributed by atoms with Crippen LogP contribution in [0.25, 0.3) is 0 Å². The molecule has 7 heteroatoms. The number of hydrogen-bond donors (Lipinski definition) is 1. The summed E-state index contributed by atoms with van der Waals surface area (Å²) < 4.78 is 5.07. The molecule has 0 saturated carbocycles. The minimum absolute atomic E-state index is 0.342. The van der Waals surface area contributed by atoms with Crippen molar-refractivity contribution in [3.8, 4) is 5.75 Å². The van der Waals surface area contributed by atoms with Gasteiger partial charge in [0.1, 0.15) is 5.75 Å². The zero-order chi connectivity index (χ0) is 18.7. The van der Waals surface area contributed by atoms with E-state index >= 15 is 0 Å². The first kappa shape index (κ1) is 17.3. The fourth-order valence-corrected chi connectivity index (χ4v) is 2.49. The van der Waals surface area contributed by atoms with Crippen LogP contribution in [-0.4, -0.2) is 31.2 Å². The molecule has 1 fully saturated rings. The second-order valence-corrected chi connectivity index (χ2v) is 5.76. The highest BCUT2D eigenvalue weighted by Crippen LogP contribution is 2.23. The van der Waals surface area contributed by atoms with Crippen LogP contribution in [0.2, 0.25) is 0 Å². The number of hydrogen-bond acceptors (Lipinski definition) is 5. The van der Waals surface area contributed by atoms with E-state index < -0.39 is 23.8 Å². The minimum atomic E-state index is -1.18. The molecule has 1 aliphatic heterocycles. The third kappa shape index (κ3) is 3.46. The van der Waals surface area contributed by atoms with Gasteiger partial charge in [0, 0.05) is 6.21 Å². The predicted molar refractivity (Wildman–Crippen MR) is 96.8 cm³/mol. The Morgan fingerprint density at radius 1 is 1.04 bits per heavy atom. The first-order valence-corrected chi connectivity index (χ1v) is 7.93. The average molecular weight is 351 g/mol. The molecule has 1 N–H and O–H groups in total. The van der Waals surface area contributed by atoms with E-state index in [4.69, 9.17) is 4.74 Å². The summed E-state index contributed by atoms with van der Waals surface area (Å²) in [6, 6.07) is 12.9. The van der Waals surface area contributed by atoms with Gasteiger partial charge in [-0.05, 0) is 43.3 Å². The predicted octanol–water partition coefficient (Wildman–Crippen LogP) is 2.61. The topological polar surface area (TPSA) is 88.1 Å². The lowest BCUT2D eigenvalue weighted by atomic mass is 10.1. The number of benzene rings is 2. The number of aliphatic imine (C=N–C) groups is 1. The van der Waals surface area contributed by atoms with Gasteiger partial charge >= 0.3 is 6.03 Å². The van der Waals surface area contributed by atoms with E-state index in [1.54, 1.807) is 36.4 Å². The van der Waals surface area contributed by atoms with Crippen molar-refractivity contribution in [2.45, 2.75) is 6.92 Å². The summed E-state index contributed by atoms with van der Waals surface area (Å²) in [6.07, 6.45) is 1.26. The largest absolute Gasteiger partial charge is 0.497 e. The Kier molecular flexibility index (Phi) is 4.79. The zero-order valence-electron chi connectivity index (χ0n) is 14.3. The van der Waals surface area contributed by atoms with E-state index in [1.165, 1.54) is 13.3 Å². The number of anilines is 1. The highest BCUT2D eigenvalue weighted by molar-refractivity contribution is 6.32. The van der Waals surface area contributed by atoms with Crippen molar-refractivity contribution >= 4 is 35.4 Å². The molecule has 2 aromatic carbocycles. The fourth-order valence-electron chi connectivity index (χ4n) is 2.49. The number of ether oxygens (including phenoxy) is 1. The zero-order valence-corrected chi connectivity index (χ0v) is 14.3. The van der Waals surface area contributed by atoms with Crippen molar-refractivity contribution in [2.24, 2.45) is 10.9 Å². The highest BCUT2D eigenvalue weighted by Gasteiger charge is 2.40. The molecule has 1 aliphatic rings. The van der Waals surface area contributed by atoms with Crippen molar-refractivity contribution in [3.63, 3.8) is 0 Å². The summed E-state index contributed by atoms with van der Waals surface area (Å²) in [7, 11) is 1.52. The quantitative estimate of drug-likeness (QED) is 0.677. The summed E-state index contributed by atoms with van der Waals surface area (Å²) in [5.41, 5.74) is 2.03. The fraction of sp³-hybridized carbons (Fsp3) is 0.158. The maximum absolute atomic E-state index is 12.7. The van der Waals surface area contributed by atoms with Gasteiger partial charge in [-0.25, -0.2) is 9.69 Å². The third-order valence-electron chi connectivity index (χ3n) is 3.94. The average Bonchev–Trinajstić information content (AvgIpc) is 2.63. The van der Waals surface area contributed by atoms with Gasteiger partial charge in [-0.15, -0.1) is 0 Å². The van der Waals surface area contributed by atoms with Gasteiger partial charge in [-0.2, -0.15) is 0 Å². The number of urea groups is 1. The van der Waals surface area contributed by atoms with Crippen LogP contribution in [0, 0.1) is 12.8 Å². The van der Waals surface area contributed by atoms with Crippen LogP contribution in [0.1, 0.15) is 5.56 Å². The van der Waals surface area contributed by atoms with Gasteiger partial charge in [-0.3, -0.25) is 19.9 Å². The normalized spacial score (nSPS) is 17.5. The second kappa shape index (κ2) is 7.18. The lowest BCUT2D eigenvalue weighted by Crippen LogP contribution is -2.58. The van der Waals surface area contributed by atoms with Crippen LogP contribution < -0.4 is 15.0 Å². The molecule has 7 nitrogen and oxygen atoms in total. The van der Waals surface area contributed by atoms with E-state index in [0.717, 1.165) is 10.5 Å². The van der Waals surface area contributed by atoms with Crippen molar-refractivity contribution in [1.29, 1.82) is 0 Å². The van der Waals surface area contributed by atoms with Crippen molar-refractivity contribution in [1.82, 2.24) is 5.32 Å². The number of carbonyl (C=O) groups is 3. The molecule has 26 heavy (non-hydrogen) atoms.